The number of sulfonamides is 1. The van der Waals surface area contributed by atoms with Crippen LogP contribution < -0.4 is 5.32 Å². The first-order valence-corrected chi connectivity index (χ1v) is 9.18. The Kier molecular flexibility index (Phi) is 5.80. The lowest BCUT2D eigenvalue weighted by Gasteiger charge is -2.17. The van der Waals surface area contributed by atoms with E-state index in [1.807, 2.05) is 6.07 Å². The summed E-state index contributed by atoms with van der Waals surface area (Å²) in [6, 6.07) is 12.9. The molecule has 0 heterocycles. The molecule has 0 radical (unpaired) electrons. The lowest BCUT2D eigenvalue weighted by atomic mass is 10.3. The SMILES string of the molecule is CN(CC(=O)Nc1ccccc1Br)S(=O)(=O)c1ccc(Cl)cc1. The van der Waals surface area contributed by atoms with E-state index in [4.69, 9.17) is 11.6 Å². The van der Waals surface area contributed by atoms with E-state index >= 15 is 0 Å². The number of halogens is 2. The molecule has 0 spiro atoms. The molecule has 0 bridgehead atoms. The summed E-state index contributed by atoms with van der Waals surface area (Å²) in [7, 11) is -2.40. The Labute approximate surface area is 148 Å². The van der Waals surface area contributed by atoms with Crippen molar-refractivity contribution in [3.05, 3.63) is 58.0 Å². The van der Waals surface area contributed by atoms with Crippen molar-refractivity contribution < 1.29 is 13.2 Å². The number of amides is 1. The van der Waals surface area contributed by atoms with Gasteiger partial charge in [0.05, 0.1) is 17.1 Å². The fraction of sp³-hybridized carbons (Fsp3) is 0.133. The number of para-hydroxylation sites is 1. The Morgan fingerprint density at radius 3 is 2.39 bits per heavy atom. The van der Waals surface area contributed by atoms with Crippen LogP contribution in [-0.2, 0) is 14.8 Å². The van der Waals surface area contributed by atoms with Crippen LogP contribution in [0.25, 0.3) is 0 Å². The minimum atomic E-state index is -3.75. The standard InChI is InChI=1S/C15H14BrClN2O3S/c1-19(23(21,22)12-8-6-11(17)7-9-12)10-15(20)18-14-5-3-2-4-13(14)16/h2-9H,10H2,1H3,(H,18,20). The third-order valence-corrected chi connectivity index (χ3v) is 5.80. The van der Waals surface area contributed by atoms with Crippen molar-refractivity contribution in [2.75, 3.05) is 18.9 Å². The first kappa shape index (κ1) is 17.9. The number of carbonyl (C=O) groups excluding carboxylic acids is 1. The van der Waals surface area contributed by atoms with Crippen LogP contribution in [-0.4, -0.2) is 32.2 Å². The average Bonchev–Trinajstić information content (AvgIpc) is 2.50. The maximum Gasteiger partial charge on any atom is 0.243 e. The lowest BCUT2D eigenvalue weighted by molar-refractivity contribution is -0.116. The number of benzene rings is 2. The van der Waals surface area contributed by atoms with Gasteiger partial charge < -0.3 is 5.32 Å². The highest BCUT2D eigenvalue weighted by molar-refractivity contribution is 9.10. The fourth-order valence-electron chi connectivity index (χ4n) is 1.83. The predicted molar refractivity (Wildman–Crippen MR) is 94.0 cm³/mol. The zero-order valence-corrected chi connectivity index (χ0v) is 15.3. The smallest absolute Gasteiger partial charge is 0.243 e. The van der Waals surface area contributed by atoms with Crippen molar-refractivity contribution in [1.29, 1.82) is 0 Å². The number of carbonyl (C=O) groups is 1. The van der Waals surface area contributed by atoms with Gasteiger partial charge in [-0.25, -0.2) is 8.42 Å². The van der Waals surface area contributed by atoms with Gasteiger partial charge in [0, 0.05) is 16.5 Å². The minimum absolute atomic E-state index is 0.0816. The molecule has 0 aliphatic rings. The summed E-state index contributed by atoms with van der Waals surface area (Å²) in [4.78, 5) is 12.1. The largest absolute Gasteiger partial charge is 0.324 e. The zero-order chi connectivity index (χ0) is 17.0. The van der Waals surface area contributed by atoms with Crippen LogP contribution >= 0.6 is 27.5 Å². The molecule has 1 amide bonds. The molecule has 0 saturated heterocycles. The molecule has 0 unspecified atom stereocenters. The summed E-state index contributed by atoms with van der Waals surface area (Å²) in [6.45, 7) is -0.299. The normalized spacial score (nSPS) is 11.5. The third kappa shape index (κ3) is 4.54. The first-order chi connectivity index (χ1) is 10.8. The second-order valence-electron chi connectivity index (χ2n) is 4.74. The van der Waals surface area contributed by atoms with Gasteiger partial charge >= 0.3 is 0 Å². The lowest BCUT2D eigenvalue weighted by Crippen LogP contribution is -2.35. The molecule has 0 saturated carbocycles. The molecular weight excluding hydrogens is 404 g/mol. The van der Waals surface area contributed by atoms with E-state index < -0.39 is 15.9 Å². The van der Waals surface area contributed by atoms with Crippen LogP contribution in [0.5, 0.6) is 0 Å². The van der Waals surface area contributed by atoms with E-state index in [9.17, 15) is 13.2 Å². The number of hydrogen-bond donors (Lipinski definition) is 1. The van der Waals surface area contributed by atoms with Crippen LogP contribution in [0, 0.1) is 0 Å². The third-order valence-electron chi connectivity index (χ3n) is 3.04. The maximum absolute atomic E-state index is 12.4. The summed E-state index contributed by atoms with van der Waals surface area (Å²) in [5.41, 5.74) is 0.579. The summed E-state index contributed by atoms with van der Waals surface area (Å²) in [5, 5.41) is 3.10. The Bertz CT molecular complexity index is 810. The van der Waals surface area contributed by atoms with Gasteiger partial charge in [-0.1, -0.05) is 23.7 Å². The number of rotatable bonds is 5. The minimum Gasteiger partial charge on any atom is -0.324 e. The molecule has 122 valence electrons. The van der Waals surface area contributed by atoms with Crippen LogP contribution in [0.15, 0.2) is 57.9 Å². The number of anilines is 1. The van der Waals surface area contributed by atoms with Gasteiger partial charge in [0.1, 0.15) is 0 Å². The van der Waals surface area contributed by atoms with E-state index in [-0.39, 0.29) is 11.4 Å². The van der Waals surface area contributed by atoms with E-state index in [0.29, 0.717) is 10.7 Å². The highest BCUT2D eigenvalue weighted by Gasteiger charge is 2.23. The van der Waals surface area contributed by atoms with E-state index in [2.05, 4.69) is 21.2 Å². The van der Waals surface area contributed by atoms with Crippen molar-refractivity contribution >= 4 is 49.1 Å². The van der Waals surface area contributed by atoms with Gasteiger partial charge in [0.15, 0.2) is 0 Å². The maximum atomic E-state index is 12.4. The predicted octanol–water partition coefficient (Wildman–Crippen LogP) is 3.36. The van der Waals surface area contributed by atoms with Crippen molar-refractivity contribution in [3.8, 4) is 0 Å². The Morgan fingerprint density at radius 2 is 1.78 bits per heavy atom. The second-order valence-corrected chi connectivity index (χ2v) is 8.08. The molecule has 0 aromatic heterocycles. The van der Waals surface area contributed by atoms with Crippen molar-refractivity contribution in [1.82, 2.24) is 4.31 Å². The highest BCUT2D eigenvalue weighted by atomic mass is 79.9. The van der Waals surface area contributed by atoms with Gasteiger partial charge in [-0.3, -0.25) is 4.79 Å². The molecule has 23 heavy (non-hydrogen) atoms. The Hall–Kier alpha value is -1.41. The molecule has 1 N–H and O–H groups in total. The number of nitrogens with zero attached hydrogens (tertiary/aromatic N) is 1. The van der Waals surface area contributed by atoms with Crippen molar-refractivity contribution in [2.24, 2.45) is 0 Å². The molecule has 8 heteroatoms. The van der Waals surface area contributed by atoms with Crippen molar-refractivity contribution in [3.63, 3.8) is 0 Å². The molecule has 2 aromatic rings. The number of likely N-dealkylation sites (N-methyl/N-ethyl adjacent to an activating group) is 1. The Balaban J connectivity index is 2.08. The van der Waals surface area contributed by atoms with E-state index in [0.717, 1.165) is 8.78 Å². The topological polar surface area (TPSA) is 66.5 Å². The summed E-state index contributed by atoms with van der Waals surface area (Å²) in [5.74, 6) is -0.433. The molecular formula is C15H14BrClN2O3S. The van der Waals surface area contributed by atoms with Crippen LogP contribution in [0.3, 0.4) is 0 Å². The average molecular weight is 418 g/mol. The Morgan fingerprint density at radius 1 is 1.17 bits per heavy atom. The van der Waals surface area contributed by atoms with Crippen molar-refractivity contribution in [2.45, 2.75) is 4.90 Å². The summed E-state index contributed by atoms with van der Waals surface area (Å²) < 4.78 is 26.5. The van der Waals surface area contributed by atoms with Gasteiger partial charge in [-0.15, -0.1) is 0 Å². The van der Waals surface area contributed by atoms with Gasteiger partial charge in [0.2, 0.25) is 15.9 Å². The monoisotopic (exact) mass is 416 g/mol. The quantitative estimate of drug-likeness (QED) is 0.811. The summed E-state index contributed by atoms with van der Waals surface area (Å²) >= 11 is 9.07. The fourth-order valence-corrected chi connectivity index (χ4v) is 3.46. The number of nitrogens with one attached hydrogen (secondary N) is 1. The molecule has 0 aliphatic heterocycles. The van der Waals surface area contributed by atoms with Crippen LogP contribution in [0.2, 0.25) is 5.02 Å². The van der Waals surface area contributed by atoms with Crippen LogP contribution in [0.4, 0.5) is 5.69 Å². The molecule has 0 atom stereocenters. The highest BCUT2D eigenvalue weighted by Crippen LogP contribution is 2.21. The first-order valence-electron chi connectivity index (χ1n) is 6.57. The van der Waals surface area contributed by atoms with E-state index in [1.165, 1.54) is 31.3 Å². The van der Waals surface area contributed by atoms with Crippen LogP contribution in [0.1, 0.15) is 0 Å². The summed E-state index contributed by atoms with van der Waals surface area (Å²) in [6.07, 6.45) is 0. The van der Waals surface area contributed by atoms with Gasteiger partial charge in [-0.05, 0) is 52.3 Å². The molecule has 2 rings (SSSR count). The molecule has 0 aliphatic carbocycles. The zero-order valence-electron chi connectivity index (χ0n) is 12.2. The second kappa shape index (κ2) is 7.44. The van der Waals surface area contributed by atoms with E-state index in [1.54, 1.807) is 18.2 Å². The van der Waals surface area contributed by atoms with Gasteiger partial charge in [0.25, 0.3) is 0 Å². The van der Waals surface area contributed by atoms with Gasteiger partial charge in [-0.2, -0.15) is 4.31 Å². The molecule has 5 nitrogen and oxygen atoms in total. The number of hydrogen-bond acceptors (Lipinski definition) is 3. The molecule has 0 fully saturated rings. The molecule has 2 aromatic carbocycles.